The molecule has 0 aliphatic carbocycles. The van der Waals surface area contributed by atoms with Gasteiger partial charge >= 0.3 is 0 Å². The first-order valence-corrected chi connectivity index (χ1v) is 6.19. The van der Waals surface area contributed by atoms with Gasteiger partial charge in [0.25, 0.3) is 0 Å². The largest absolute Gasteiger partial charge is 0.500 e. The third-order valence-corrected chi connectivity index (χ3v) is 3.37. The second-order valence-corrected chi connectivity index (χ2v) is 5.32. The van der Waals surface area contributed by atoms with Gasteiger partial charge in [0.15, 0.2) is 0 Å². The molecule has 0 aromatic heterocycles. The Bertz CT molecular complexity index is 277. The standard InChI is InChI=1S/C13H24N2O2/c1-5-17-9-8-15-7-6-13(2,3)10-11(14-4)12(15)16/h5,11,14H,1,6-10H2,2-4H3. The van der Waals surface area contributed by atoms with Crippen molar-refractivity contribution < 1.29 is 9.53 Å². The molecule has 1 atom stereocenters. The van der Waals surface area contributed by atoms with Crippen LogP contribution in [-0.4, -0.2) is 43.6 Å². The van der Waals surface area contributed by atoms with Gasteiger partial charge in [0.2, 0.25) is 5.91 Å². The molecule has 1 amide bonds. The van der Waals surface area contributed by atoms with Crippen LogP contribution in [-0.2, 0) is 9.53 Å². The Kier molecular flexibility index (Phi) is 5.00. The smallest absolute Gasteiger partial charge is 0.239 e. The van der Waals surface area contributed by atoms with Gasteiger partial charge in [0.1, 0.15) is 6.61 Å². The molecule has 1 aliphatic rings. The van der Waals surface area contributed by atoms with Gasteiger partial charge in [-0.05, 0) is 25.3 Å². The summed E-state index contributed by atoms with van der Waals surface area (Å²) in [7, 11) is 1.85. The summed E-state index contributed by atoms with van der Waals surface area (Å²) in [6.07, 6.45) is 3.34. The first kappa shape index (κ1) is 14.0. The van der Waals surface area contributed by atoms with E-state index in [4.69, 9.17) is 4.74 Å². The Labute approximate surface area is 104 Å². The highest BCUT2D eigenvalue weighted by atomic mass is 16.5. The fourth-order valence-electron chi connectivity index (χ4n) is 2.20. The Morgan fingerprint density at radius 1 is 1.65 bits per heavy atom. The molecule has 1 saturated heterocycles. The molecule has 0 bridgehead atoms. The molecule has 1 fully saturated rings. The fourth-order valence-corrected chi connectivity index (χ4v) is 2.20. The lowest BCUT2D eigenvalue weighted by molar-refractivity contribution is -0.133. The van der Waals surface area contributed by atoms with Crippen molar-refractivity contribution in [1.82, 2.24) is 10.2 Å². The second kappa shape index (κ2) is 6.05. The van der Waals surface area contributed by atoms with Crippen LogP contribution in [0.2, 0.25) is 0 Å². The van der Waals surface area contributed by atoms with Gasteiger partial charge in [-0.25, -0.2) is 0 Å². The average molecular weight is 240 g/mol. The van der Waals surface area contributed by atoms with E-state index in [0.717, 1.165) is 19.4 Å². The van der Waals surface area contributed by atoms with Crippen LogP contribution in [0.15, 0.2) is 12.8 Å². The zero-order valence-corrected chi connectivity index (χ0v) is 11.2. The van der Waals surface area contributed by atoms with Gasteiger partial charge in [0.05, 0.1) is 18.8 Å². The molecule has 1 aliphatic heterocycles. The van der Waals surface area contributed by atoms with Crippen molar-refractivity contribution in [1.29, 1.82) is 0 Å². The maximum atomic E-state index is 12.2. The van der Waals surface area contributed by atoms with Gasteiger partial charge in [-0.1, -0.05) is 20.4 Å². The summed E-state index contributed by atoms with van der Waals surface area (Å²) < 4.78 is 5.10. The van der Waals surface area contributed by atoms with Crippen LogP contribution in [0.3, 0.4) is 0 Å². The molecule has 1 rings (SSSR count). The summed E-state index contributed by atoms with van der Waals surface area (Å²) in [6, 6.07) is -0.0729. The number of nitrogens with one attached hydrogen (secondary N) is 1. The van der Waals surface area contributed by atoms with Crippen molar-refractivity contribution in [2.24, 2.45) is 5.41 Å². The zero-order chi connectivity index (χ0) is 12.9. The van der Waals surface area contributed by atoms with E-state index < -0.39 is 0 Å². The lowest BCUT2D eigenvalue weighted by Crippen LogP contribution is -2.45. The molecule has 0 aromatic carbocycles. The van der Waals surface area contributed by atoms with Crippen molar-refractivity contribution in [2.75, 3.05) is 26.7 Å². The minimum Gasteiger partial charge on any atom is -0.500 e. The summed E-state index contributed by atoms with van der Waals surface area (Å²) in [5.74, 6) is 0.186. The quantitative estimate of drug-likeness (QED) is 0.583. The number of nitrogens with zero attached hydrogens (tertiary/aromatic N) is 1. The Morgan fingerprint density at radius 3 is 2.94 bits per heavy atom. The highest BCUT2D eigenvalue weighted by Crippen LogP contribution is 2.30. The van der Waals surface area contributed by atoms with Crippen LogP contribution in [0.5, 0.6) is 0 Å². The van der Waals surface area contributed by atoms with Gasteiger partial charge in [-0.15, -0.1) is 0 Å². The van der Waals surface area contributed by atoms with Crippen LogP contribution in [0.1, 0.15) is 26.7 Å². The Hall–Kier alpha value is -1.03. The second-order valence-electron chi connectivity index (χ2n) is 5.32. The third kappa shape index (κ3) is 4.04. The van der Waals surface area contributed by atoms with Crippen molar-refractivity contribution >= 4 is 5.91 Å². The number of likely N-dealkylation sites (N-methyl/N-ethyl adjacent to an activating group) is 1. The molecule has 0 saturated carbocycles. The maximum Gasteiger partial charge on any atom is 0.239 e. The molecule has 0 spiro atoms. The number of ether oxygens (including phenoxy) is 1. The molecular formula is C13H24N2O2. The summed E-state index contributed by atoms with van der Waals surface area (Å²) >= 11 is 0. The predicted molar refractivity (Wildman–Crippen MR) is 68.6 cm³/mol. The SMILES string of the molecule is C=COCCN1CCC(C)(C)CC(NC)C1=O. The van der Waals surface area contributed by atoms with Crippen LogP contribution in [0.4, 0.5) is 0 Å². The van der Waals surface area contributed by atoms with E-state index >= 15 is 0 Å². The Morgan fingerprint density at radius 2 is 2.35 bits per heavy atom. The molecule has 0 aromatic rings. The van der Waals surface area contributed by atoms with Gasteiger partial charge in [-0.3, -0.25) is 4.79 Å². The van der Waals surface area contributed by atoms with Gasteiger partial charge in [0, 0.05) is 6.54 Å². The van der Waals surface area contributed by atoms with Gasteiger partial charge in [-0.2, -0.15) is 0 Å². The first-order chi connectivity index (χ1) is 8.00. The van der Waals surface area contributed by atoms with E-state index in [9.17, 15) is 4.79 Å². The fraction of sp³-hybridized carbons (Fsp3) is 0.769. The molecule has 1 heterocycles. The molecular weight excluding hydrogens is 216 g/mol. The Balaban J connectivity index is 2.64. The minimum atomic E-state index is -0.0729. The van der Waals surface area contributed by atoms with E-state index in [0.29, 0.717) is 13.2 Å². The number of likely N-dealkylation sites (tertiary alicyclic amines) is 1. The molecule has 98 valence electrons. The first-order valence-electron chi connectivity index (χ1n) is 6.19. The molecule has 4 heteroatoms. The monoisotopic (exact) mass is 240 g/mol. The number of rotatable bonds is 5. The predicted octanol–water partition coefficient (Wildman–Crippen LogP) is 1.38. The molecule has 1 unspecified atom stereocenters. The maximum absolute atomic E-state index is 12.2. The molecule has 0 radical (unpaired) electrons. The highest BCUT2D eigenvalue weighted by Gasteiger charge is 2.34. The highest BCUT2D eigenvalue weighted by molar-refractivity contribution is 5.82. The molecule has 4 nitrogen and oxygen atoms in total. The summed E-state index contributed by atoms with van der Waals surface area (Å²) in [5.41, 5.74) is 0.206. The normalized spacial score (nSPS) is 24.3. The average Bonchev–Trinajstić information content (AvgIpc) is 2.39. The van der Waals surface area contributed by atoms with Crippen LogP contribution >= 0.6 is 0 Å². The van der Waals surface area contributed by atoms with Crippen molar-refractivity contribution in [3.05, 3.63) is 12.8 Å². The molecule has 1 N–H and O–H groups in total. The molecule has 17 heavy (non-hydrogen) atoms. The van der Waals surface area contributed by atoms with E-state index in [1.165, 1.54) is 6.26 Å². The lowest BCUT2D eigenvalue weighted by Gasteiger charge is -2.24. The number of carbonyl (C=O) groups excluding carboxylic acids is 1. The number of hydrogen-bond acceptors (Lipinski definition) is 3. The van der Waals surface area contributed by atoms with Crippen molar-refractivity contribution in [3.8, 4) is 0 Å². The van der Waals surface area contributed by atoms with Crippen LogP contribution in [0.25, 0.3) is 0 Å². The van der Waals surface area contributed by atoms with E-state index in [-0.39, 0.29) is 17.4 Å². The number of hydrogen-bond donors (Lipinski definition) is 1. The van der Waals surface area contributed by atoms with Crippen LogP contribution < -0.4 is 5.32 Å². The summed E-state index contributed by atoms with van der Waals surface area (Å²) in [4.78, 5) is 14.1. The van der Waals surface area contributed by atoms with Gasteiger partial charge < -0.3 is 15.0 Å². The third-order valence-electron chi connectivity index (χ3n) is 3.37. The zero-order valence-electron chi connectivity index (χ0n) is 11.2. The van der Waals surface area contributed by atoms with Crippen LogP contribution in [0, 0.1) is 5.41 Å². The number of amides is 1. The summed E-state index contributed by atoms with van der Waals surface area (Å²) in [5, 5.41) is 3.12. The van der Waals surface area contributed by atoms with Crippen molar-refractivity contribution in [3.63, 3.8) is 0 Å². The van der Waals surface area contributed by atoms with E-state index in [1.54, 1.807) is 0 Å². The topological polar surface area (TPSA) is 41.6 Å². The lowest BCUT2D eigenvalue weighted by atomic mass is 9.83. The summed E-state index contributed by atoms with van der Waals surface area (Å²) in [6.45, 7) is 9.90. The van der Waals surface area contributed by atoms with E-state index in [1.807, 2.05) is 11.9 Å². The van der Waals surface area contributed by atoms with E-state index in [2.05, 4.69) is 25.7 Å². The number of carbonyl (C=O) groups is 1. The minimum absolute atomic E-state index is 0.0729. The van der Waals surface area contributed by atoms with Crippen molar-refractivity contribution in [2.45, 2.75) is 32.7 Å².